The van der Waals surface area contributed by atoms with Crippen LogP contribution in [0.5, 0.6) is 0 Å². The minimum atomic E-state index is -0.848. The first-order chi connectivity index (χ1) is 11.0. The van der Waals surface area contributed by atoms with E-state index in [1.54, 1.807) is 0 Å². The fourth-order valence-electron chi connectivity index (χ4n) is 3.20. The Morgan fingerprint density at radius 2 is 1.91 bits per heavy atom. The Balaban J connectivity index is 1.48. The number of halogens is 2. The normalized spacial score (nSPS) is 26.7. The molecular weight excluding hydrogens is 331 g/mol. The van der Waals surface area contributed by atoms with Crippen molar-refractivity contribution in [2.24, 2.45) is 5.92 Å². The monoisotopic (exact) mass is 354 g/mol. The molecule has 0 aromatic heterocycles. The van der Waals surface area contributed by atoms with Gasteiger partial charge in [-0.25, -0.2) is 0 Å². The van der Waals surface area contributed by atoms with E-state index in [1.165, 1.54) is 31.4 Å². The predicted octanol–water partition coefficient (Wildman–Crippen LogP) is 3.87. The van der Waals surface area contributed by atoms with Crippen molar-refractivity contribution in [1.82, 2.24) is 10.2 Å². The number of hydrogen-bond donors (Lipinski definition) is 1. The minimum absolute atomic E-state index is 0.0544. The Bertz CT molecular complexity index is 559. The van der Waals surface area contributed by atoms with Crippen LogP contribution in [0.15, 0.2) is 24.3 Å². The summed E-state index contributed by atoms with van der Waals surface area (Å²) >= 11 is 11.8. The molecule has 3 rings (SSSR count). The Morgan fingerprint density at radius 1 is 1.26 bits per heavy atom. The smallest absolute Gasteiger partial charge is 0.226 e. The van der Waals surface area contributed by atoms with E-state index in [0.717, 1.165) is 12.1 Å². The molecule has 1 N–H and O–H groups in total. The molecule has 1 aromatic rings. The fraction of sp³-hybridized carbons (Fsp3) is 0.611. The van der Waals surface area contributed by atoms with Gasteiger partial charge < -0.3 is 5.32 Å². The van der Waals surface area contributed by atoms with Crippen molar-refractivity contribution in [2.45, 2.75) is 56.1 Å². The van der Waals surface area contributed by atoms with E-state index < -0.39 is 4.33 Å². The van der Waals surface area contributed by atoms with Crippen LogP contribution in [0.4, 0.5) is 0 Å². The SMILES string of the molecule is CC1CCCCN1Cc1ccc(CNC(=O)C2CC2(Cl)Cl)cc1. The Hall–Kier alpha value is -0.770. The van der Waals surface area contributed by atoms with Crippen LogP contribution in [0.3, 0.4) is 0 Å². The number of benzene rings is 1. The number of hydrogen-bond acceptors (Lipinski definition) is 2. The molecule has 2 unspecified atom stereocenters. The highest BCUT2D eigenvalue weighted by molar-refractivity contribution is 6.52. The molecule has 5 heteroatoms. The van der Waals surface area contributed by atoms with Gasteiger partial charge in [-0.3, -0.25) is 9.69 Å². The summed E-state index contributed by atoms with van der Waals surface area (Å²) in [6.07, 6.45) is 4.50. The van der Waals surface area contributed by atoms with Gasteiger partial charge in [0.25, 0.3) is 0 Å². The van der Waals surface area contributed by atoms with Gasteiger partial charge in [0.2, 0.25) is 5.91 Å². The van der Waals surface area contributed by atoms with E-state index in [9.17, 15) is 4.79 Å². The zero-order chi connectivity index (χ0) is 16.4. The number of nitrogens with one attached hydrogen (secondary N) is 1. The number of amides is 1. The van der Waals surface area contributed by atoms with Gasteiger partial charge in [-0.1, -0.05) is 30.7 Å². The maximum Gasteiger partial charge on any atom is 0.226 e. The van der Waals surface area contributed by atoms with Crippen molar-refractivity contribution in [3.05, 3.63) is 35.4 Å². The van der Waals surface area contributed by atoms with Crippen molar-refractivity contribution in [3.8, 4) is 0 Å². The van der Waals surface area contributed by atoms with Gasteiger partial charge in [-0.15, -0.1) is 23.2 Å². The van der Waals surface area contributed by atoms with Gasteiger partial charge in [0.1, 0.15) is 4.33 Å². The second-order valence-corrected chi connectivity index (χ2v) is 8.41. The first-order valence-corrected chi connectivity index (χ1v) is 9.19. The van der Waals surface area contributed by atoms with Crippen LogP contribution in [-0.4, -0.2) is 27.7 Å². The van der Waals surface area contributed by atoms with E-state index >= 15 is 0 Å². The van der Waals surface area contributed by atoms with Crippen molar-refractivity contribution in [3.63, 3.8) is 0 Å². The summed E-state index contributed by atoms with van der Waals surface area (Å²) < 4.78 is -0.848. The maximum absolute atomic E-state index is 11.9. The first kappa shape index (κ1) is 17.1. The molecule has 2 fully saturated rings. The lowest BCUT2D eigenvalue weighted by Gasteiger charge is -2.33. The molecule has 1 aliphatic heterocycles. The zero-order valence-electron chi connectivity index (χ0n) is 13.5. The molecule has 1 aliphatic carbocycles. The van der Waals surface area contributed by atoms with Crippen LogP contribution < -0.4 is 5.32 Å². The molecule has 1 heterocycles. The summed E-state index contributed by atoms with van der Waals surface area (Å²) in [6, 6.07) is 9.17. The number of likely N-dealkylation sites (tertiary alicyclic amines) is 1. The van der Waals surface area contributed by atoms with Crippen LogP contribution >= 0.6 is 23.2 Å². The van der Waals surface area contributed by atoms with E-state index in [0.29, 0.717) is 19.0 Å². The fourth-order valence-corrected chi connectivity index (χ4v) is 3.71. The summed E-state index contributed by atoms with van der Waals surface area (Å²) in [5.74, 6) is -0.313. The highest BCUT2D eigenvalue weighted by Crippen LogP contribution is 2.53. The van der Waals surface area contributed by atoms with Crippen LogP contribution in [0.25, 0.3) is 0 Å². The molecule has 126 valence electrons. The van der Waals surface area contributed by atoms with Crippen LogP contribution in [-0.2, 0) is 17.9 Å². The zero-order valence-corrected chi connectivity index (χ0v) is 15.0. The largest absolute Gasteiger partial charge is 0.352 e. The Kier molecular flexibility index (Phi) is 5.19. The lowest BCUT2D eigenvalue weighted by Crippen LogP contribution is -2.36. The molecule has 2 atom stereocenters. The van der Waals surface area contributed by atoms with Gasteiger partial charge in [-0.05, 0) is 43.9 Å². The molecule has 3 nitrogen and oxygen atoms in total. The lowest BCUT2D eigenvalue weighted by atomic mass is 10.0. The molecule has 1 amide bonds. The molecule has 0 bridgehead atoms. The van der Waals surface area contributed by atoms with Gasteiger partial charge in [0.05, 0.1) is 5.92 Å². The predicted molar refractivity (Wildman–Crippen MR) is 94.6 cm³/mol. The molecule has 0 radical (unpaired) electrons. The van der Waals surface area contributed by atoms with Crippen LogP contribution in [0.1, 0.15) is 43.7 Å². The number of carbonyl (C=O) groups excluding carboxylic acids is 1. The minimum Gasteiger partial charge on any atom is -0.352 e. The average Bonchev–Trinajstić information content (AvgIpc) is 3.17. The second-order valence-electron chi connectivity index (χ2n) is 6.87. The molecule has 1 saturated heterocycles. The number of nitrogens with zero attached hydrogens (tertiary/aromatic N) is 1. The summed E-state index contributed by atoms with van der Waals surface area (Å²) in [5.41, 5.74) is 2.43. The van der Waals surface area contributed by atoms with Gasteiger partial charge in [-0.2, -0.15) is 0 Å². The van der Waals surface area contributed by atoms with Crippen molar-refractivity contribution in [2.75, 3.05) is 6.54 Å². The van der Waals surface area contributed by atoms with Gasteiger partial charge in [0, 0.05) is 19.1 Å². The van der Waals surface area contributed by atoms with E-state index in [2.05, 4.69) is 41.4 Å². The van der Waals surface area contributed by atoms with Crippen molar-refractivity contribution in [1.29, 1.82) is 0 Å². The van der Waals surface area contributed by atoms with E-state index in [1.807, 2.05) is 0 Å². The summed E-state index contributed by atoms with van der Waals surface area (Å²) in [6.45, 7) is 5.05. The van der Waals surface area contributed by atoms with Crippen molar-refractivity contribution < 1.29 is 4.79 Å². The summed E-state index contributed by atoms with van der Waals surface area (Å²) in [4.78, 5) is 14.4. The highest BCUT2D eigenvalue weighted by atomic mass is 35.5. The van der Waals surface area contributed by atoms with Crippen LogP contribution in [0, 0.1) is 5.92 Å². The third-order valence-electron chi connectivity index (χ3n) is 4.96. The molecule has 23 heavy (non-hydrogen) atoms. The Labute approximate surface area is 148 Å². The van der Waals surface area contributed by atoms with Gasteiger partial charge >= 0.3 is 0 Å². The first-order valence-electron chi connectivity index (χ1n) is 8.43. The lowest BCUT2D eigenvalue weighted by molar-refractivity contribution is -0.122. The number of carbonyl (C=O) groups is 1. The third-order valence-corrected chi connectivity index (χ3v) is 5.79. The third kappa shape index (κ3) is 4.40. The highest BCUT2D eigenvalue weighted by Gasteiger charge is 2.56. The number of alkyl halides is 2. The second kappa shape index (κ2) is 7.00. The maximum atomic E-state index is 11.9. The van der Waals surface area contributed by atoms with Gasteiger partial charge in [0.15, 0.2) is 0 Å². The van der Waals surface area contributed by atoms with Crippen LogP contribution in [0.2, 0.25) is 0 Å². The number of piperidine rings is 1. The topological polar surface area (TPSA) is 32.3 Å². The molecule has 2 aliphatic rings. The molecule has 1 saturated carbocycles. The summed E-state index contributed by atoms with van der Waals surface area (Å²) in [5, 5.41) is 2.91. The standard InChI is InChI=1S/C18H24Cl2N2O/c1-13-4-2-3-9-22(13)12-15-7-5-14(6-8-15)11-21-17(23)16-10-18(16,19)20/h5-8,13,16H,2-4,9-12H2,1H3,(H,21,23). The van der Waals surface area contributed by atoms with E-state index in [4.69, 9.17) is 23.2 Å². The Morgan fingerprint density at radius 3 is 2.52 bits per heavy atom. The quantitative estimate of drug-likeness (QED) is 0.814. The average molecular weight is 355 g/mol. The summed E-state index contributed by atoms with van der Waals surface area (Å²) in [7, 11) is 0. The van der Waals surface area contributed by atoms with Crippen molar-refractivity contribution >= 4 is 29.1 Å². The molecular formula is C18H24Cl2N2O. The number of rotatable bonds is 5. The molecule has 1 aromatic carbocycles. The molecule has 0 spiro atoms. The van der Waals surface area contributed by atoms with E-state index in [-0.39, 0.29) is 11.8 Å².